The molecule has 0 saturated carbocycles. The van der Waals surface area contributed by atoms with Crippen LogP contribution in [0.1, 0.15) is 50.5 Å². The minimum absolute atomic E-state index is 0.0916. The third-order valence-electron chi connectivity index (χ3n) is 6.62. The van der Waals surface area contributed by atoms with Crippen molar-refractivity contribution in [2.45, 2.75) is 55.4 Å². The van der Waals surface area contributed by atoms with Crippen molar-refractivity contribution >= 4 is 9.84 Å². The van der Waals surface area contributed by atoms with E-state index in [0.717, 1.165) is 18.2 Å². The molecule has 0 fully saturated rings. The van der Waals surface area contributed by atoms with Gasteiger partial charge in [-0.2, -0.15) is 4.39 Å². The van der Waals surface area contributed by atoms with Crippen LogP contribution >= 0.6 is 0 Å². The van der Waals surface area contributed by atoms with Crippen LogP contribution in [-0.2, 0) is 16.3 Å². The predicted molar refractivity (Wildman–Crippen MR) is 143 cm³/mol. The Bertz CT molecular complexity index is 1690. The zero-order chi connectivity index (χ0) is 29.0. The fourth-order valence-electron chi connectivity index (χ4n) is 4.59. The Balaban J connectivity index is 1.87. The van der Waals surface area contributed by atoms with Crippen LogP contribution < -0.4 is 26.8 Å². The molecule has 2 aromatic carbocycles. The van der Waals surface area contributed by atoms with E-state index in [0.29, 0.717) is 25.1 Å². The van der Waals surface area contributed by atoms with Crippen molar-refractivity contribution < 1.29 is 43.5 Å². The Kier molecular flexibility index (Phi) is 9.34. The molecule has 40 heavy (non-hydrogen) atoms. The van der Waals surface area contributed by atoms with Gasteiger partial charge in [0.25, 0.3) is 0 Å². The van der Waals surface area contributed by atoms with Gasteiger partial charge in [-0.3, -0.25) is 0 Å². The van der Waals surface area contributed by atoms with E-state index in [-0.39, 0.29) is 37.2 Å². The molecule has 4 aromatic rings. The Morgan fingerprint density at radius 2 is 1.80 bits per heavy atom. The molecule has 0 aliphatic rings. The molecule has 0 saturated heterocycles. The number of nitrogens with zero attached hydrogens (tertiary/aromatic N) is 3. The zero-order valence-corrected chi connectivity index (χ0v) is 25.2. The molecule has 0 aliphatic heterocycles. The van der Waals surface area contributed by atoms with Gasteiger partial charge in [-0.05, 0) is 6.07 Å². The number of benzene rings is 2. The van der Waals surface area contributed by atoms with Crippen LogP contribution in [0.5, 0.6) is 5.88 Å². The summed E-state index contributed by atoms with van der Waals surface area (Å²) < 4.78 is 57.8. The second-order valence-corrected chi connectivity index (χ2v) is 13.3. The third-order valence-corrected chi connectivity index (χ3v) is 10.3. The minimum atomic E-state index is -4.53. The monoisotopic (exact) mass is 680 g/mol. The fraction of sp³-hybridized carbons (Fsp3) is 0.276. The average Bonchev–Trinajstić information content (AvgIpc) is 2.95. The standard InChI is InChI=1S/C29H29F2IN3O4S/c1-4-6-10-24-34-28(36)26(29(37)35(24)23(5-2)19-8-7-9-20(17-19)32-3)40(38,39)21-13-11-18(12-14-21)22-15-16-33-27(31)25(22)30/h7-9,11-17,23,36H,4-6,10H2,1-3H3/q-1/t23-/m0/s1. The van der Waals surface area contributed by atoms with Crippen LogP contribution in [-0.4, -0.2) is 33.0 Å². The molecule has 0 bridgehead atoms. The van der Waals surface area contributed by atoms with Gasteiger partial charge in [-0.15, -0.1) is 0 Å². The Hall–Kier alpha value is -3.19. The van der Waals surface area contributed by atoms with E-state index in [1.165, 1.54) is 38.5 Å². The van der Waals surface area contributed by atoms with E-state index >= 15 is 0 Å². The van der Waals surface area contributed by atoms with E-state index in [1.807, 2.05) is 38.1 Å². The third kappa shape index (κ3) is 5.80. The molecule has 1 atom stereocenters. The van der Waals surface area contributed by atoms with Gasteiger partial charge in [0.05, 0.1) is 0 Å². The van der Waals surface area contributed by atoms with E-state index in [4.69, 9.17) is 0 Å². The van der Waals surface area contributed by atoms with E-state index in [2.05, 4.69) is 14.9 Å². The number of hydrogen-bond donors (Lipinski definition) is 1. The second-order valence-electron chi connectivity index (χ2n) is 9.12. The molecular formula is C29H29F2IN3O4S-. The molecule has 0 amide bonds. The number of alkyl halides is 1. The number of pyridine rings is 1. The van der Waals surface area contributed by atoms with Gasteiger partial charge in [-0.25, -0.2) is 9.37 Å². The molecule has 1 N–H and O–H groups in total. The predicted octanol–water partition coefficient (Wildman–Crippen LogP) is 2.35. The first-order valence-electron chi connectivity index (χ1n) is 12.7. The molecule has 0 unspecified atom stereocenters. The van der Waals surface area contributed by atoms with Crippen molar-refractivity contribution in [3.63, 3.8) is 0 Å². The van der Waals surface area contributed by atoms with Crippen molar-refractivity contribution in [1.82, 2.24) is 14.5 Å². The molecule has 0 aliphatic carbocycles. The Morgan fingerprint density at radius 3 is 2.45 bits per heavy atom. The SMILES string of the molecule is CCCCc1nc(O)c(S(=O)(=O)c2ccc(-c3ccnc(F)c3F)cc2)c(=O)n1[C@@H](CC)c1cccc([I-]C)c1. The van der Waals surface area contributed by atoms with Gasteiger partial charge in [0, 0.05) is 11.8 Å². The molecule has 2 heterocycles. The number of aryl methyl sites for hydroxylation is 1. The number of rotatable bonds is 10. The fourth-order valence-corrected chi connectivity index (χ4v) is 7.17. The summed E-state index contributed by atoms with van der Waals surface area (Å²) in [6.45, 7) is 3.90. The molecule has 212 valence electrons. The van der Waals surface area contributed by atoms with Crippen LogP contribution in [0.15, 0.2) is 75.4 Å². The number of hydrogen-bond acceptors (Lipinski definition) is 6. The maximum atomic E-state index is 14.2. The van der Waals surface area contributed by atoms with Gasteiger partial charge in [0.1, 0.15) is 0 Å². The van der Waals surface area contributed by atoms with Crippen molar-refractivity contribution in [2.75, 3.05) is 4.93 Å². The topological polar surface area (TPSA) is 102 Å². The Morgan fingerprint density at radius 1 is 1.07 bits per heavy atom. The molecule has 4 rings (SSSR count). The first kappa shape index (κ1) is 29.8. The number of sulfone groups is 1. The first-order chi connectivity index (χ1) is 19.1. The van der Waals surface area contributed by atoms with Gasteiger partial charge < -0.3 is 0 Å². The van der Waals surface area contributed by atoms with Gasteiger partial charge >= 0.3 is 200 Å². The van der Waals surface area contributed by atoms with Crippen LogP contribution in [0.25, 0.3) is 11.1 Å². The Labute approximate surface area is 242 Å². The second kappa shape index (κ2) is 12.5. The van der Waals surface area contributed by atoms with Crippen LogP contribution in [0.2, 0.25) is 0 Å². The van der Waals surface area contributed by atoms with Crippen molar-refractivity contribution in [2.24, 2.45) is 0 Å². The number of halogens is 3. The number of aromatic hydroxyl groups is 1. The maximum absolute atomic E-state index is 14.2. The van der Waals surface area contributed by atoms with Crippen LogP contribution in [0.3, 0.4) is 0 Å². The first-order valence-corrected chi connectivity index (χ1v) is 17.4. The summed E-state index contributed by atoms with van der Waals surface area (Å²) in [5.41, 5.74) is 0.143. The summed E-state index contributed by atoms with van der Waals surface area (Å²) in [5, 5.41) is 10.8. The summed E-state index contributed by atoms with van der Waals surface area (Å²) in [7, 11) is -4.53. The average molecular weight is 681 g/mol. The molecule has 2 aromatic heterocycles. The van der Waals surface area contributed by atoms with Gasteiger partial charge in [-0.1, -0.05) is 0 Å². The molecule has 11 heteroatoms. The van der Waals surface area contributed by atoms with E-state index < -0.39 is 44.0 Å². The van der Waals surface area contributed by atoms with Crippen LogP contribution in [0, 0.1) is 15.3 Å². The molecule has 7 nitrogen and oxygen atoms in total. The van der Waals surface area contributed by atoms with Gasteiger partial charge in [0.15, 0.2) is 5.82 Å². The number of aromatic nitrogens is 3. The molecule has 0 spiro atoms. The zero-order valence-electron chi connectivity index (χ0n) is 22.2. The normalized spacial score (nSPS) is 12.5. The van der Waals surface area contributed by atoms with Gasteiger partial charge in [0.2, 0.25) is 5.95 Å². The van der Waals surface area contributed by atoms with Crippen LogP contribution in [0.4, 0.5) is 8.78 Å². The number of unbranched alkanes of at least 4 members (excludes halogenated alkanes) is 1. The van der Waals surface area contributed by atoms with E-state index in [1.54, 1.807) is 0 Å². The molecular weight excluding hydrogens is 651 g/mol. The van der Waals surface area contributed by atoms with Crippen molar-refractivity contribution in [3.8, 4) is 17.0 Å². The summed E-state index contributed by atoms with van der Waals surface area (Å²) in [4.78, 5) is 22.5. The quantitative estimate of drug-likeness (QED) is 0.157. The summed E-state index contributed by atoms with van der Waals surface area (Å²) in [5.74, 6) is -2.98. The summed E-state index contributed by atoms with van der Waals surface area (Å²) >= 11 is -0.206. The van der Waals surface area contributed by atoms with Crippen molar-refractivity contribution in [3.05, 3.63) is 97.9 Å². The molecule has 0 radical (unpaired) electrons. The summed E-state index contributed by atoms with van der Waals surface area (Å²) in [6, 6.07) is 13.7. The van der Waals surface area contributed by atoms with E-state index in [9.17, 15) is 27.1 Å². The summed E-state index contributed by atoms with van der Waals surface area (Å²) in [6.07, 6.45) is 3.51. The van der Waals surface area contributed by atoms with Crippen molar-refractivity contribution in [1.29, 1.82) is 0 Å².